The Hall–Kier alpha value is -3.06. The minimum atomic E-state index is -0.827. The molecule has 3 rings (SSSR count). The number of phenolic OH excluding ortho intramolecular Hbond substituents is 1. The third kappa shape index (κ3) is 3.62. The molecule has 26 heavy (non-hydrogen) atoms. The van der Waals surface area contributed by atoms with E-state index in [-0.39, 0.29) is 5.36 Å². The molecule has 134 valence electrons. The molecule has 0 unspecified atom stereocenters. The first-order valence-corrected chi connectivity index (χ1v) is 9.02. The molecular weight excluding hydrogens is 380 g/mol. The number of aryl methyl sites for hydroxylation is 1. The molecule has 0 saturated heterocycles. The van der Waals surface area contributed by atoms with Gasteiger partial charge in [-0.3, -0.25) is 25.1 Å². The predicted octanol–water partition coefficient (Wildman–Crippen LogP) is -0.849. The highest BCUT2D eigenvalue weighted by Crippen LogP contribution is 2.17. The summed E-state index contributed by atoms with van der Waals surface area (Å²) < 4.78 is 5.51. The Morgan fingerprint density at radius 3 is 2.69 bits per heavy atom. The second kappa shape index (κ2) is 7.45. The zero-order valence-electron chi connectivity index (χ0n) is 13.5. The first-order chi connectivity index (χ1) is 12.5. The molecule has 0 radical (unpaired) electrons. The summed E-state index contributed by atoms with van der Waals surface area (Å²) in [6.07, 6.45) is 3.35. The minimum absolute atomic E-state index is 0.339. The monoisotopic (exact) mass is 392 g/mol. The molecule has 2 heterocycles. The fourth-order valence-corrected chi connectivity index (χ4v) is 2.92. The number of nitrogens with one attached hydrogen (secondary N) is 2. The molecule has 0 aliphatic rings. The van der Waals surface area contributed by atoms with Gasteiger partial charge in [-0.25, -0.2) is 0 Å². The Bertz CT molecular complexity index is 1160. The number of aromatic hydroxyl groups is 1. The van der Waals surface area contributed by atoms with Crippen LogP contribution in [0.1, 0.15) is 0 Å². The molecule has 11 nitrogen and oxygen atoms in total. The Kier molecular flexibility index (Phi) is 5.09. The topological polar surface area (TPSA) is 147 Å². The van der Waals surface area contributed by atoms with Gasteiger partial charge in [0.05, 0.1) is 6.20 Å². The number of nitrogens with zero attached hydrogens (tertiary/aromatic N) is 6. The second-order valence-corrected chi connectivity index (χ2v) is 6.32. The molecule has 1 aromatic carbocycles. The lowest BCUT2D eigenvalue weighted by atomic mass is 10.3. The third-order valence-electron chi connectivity index (χ3n) is 3.13. The summed E-state index contributed by atoms with van der Waals surface area (Å²) in [6.45, 7) is 0. The van der Waals surface area contributed by atoms with E-state index in [0.717, 1.165) is 17.6 Å². The Labute approximate surface area is 153 Å². The molecule has 0 bridgehead atoms. The predicted molar refractivity (Wildman–Crippen MR) is 96.3 cm³/mol. The Morgan fingerprint density at radius 2 is 2.04 bits per heavy atom. The number of anilines is 2. The van der Waals surface area contributed by atoms with Gasteiger partial charge < -0.3 is 5.11 Å². The van der Waals surface area contributed by atoms with Crippen LogP contribution in [0.25, 0.3) is 0 Å². The summed E-state index contributed by atoms with van der Waals surface area (Å²) in [5, 5.41) is 21.6. The van der Waals surface area contributed by atoms with Crippen molar-refractivity contribution in [2.45, 2.75) is 5.16 Å². The summed E-state index contributed by atoms with van der Waals surface area (Å²) in [5.74, 6) is -0.0754. The van der Waals surface area contributed by atoms with E-state index < -0.39 is 22.0 Å². The first-order valence-electron chi connectivity index (χ1n) is 7.02. The van der Waals surface area contributed by atoms with Gasteiger partial charge in [-0.1, -0.05) is 11.8 Å². The van der Waals surface area contributed by atoms with Crippen molar-refractivity contribution in [3.63, 3.8) is 0 Å². The van der Waals surface area contributed by atoms with Gasteiger partial charge in [-0.05, 0) is 6.26 Å². The number of hydrogen-bond acceptors (Lipinski definition) is 12. The van der Waals surface area contributed by atoms with Crippen LogP contribution in [0.5, 0.6) is 5.75 Å². The van der Waals surface area contributed by atoms with Gasteiger partial charge in [0.2, 0.25) is 21.1 Å². The zero-order chi connectivity index (χ0) is 18.7. The second-order valence-electron chi connectivity index (χ2n) is 4.79. The maximum atomic E-state index is 12.5. The molecule has 0 saturated carbocycles. The van der Waals surface area contributed by atoms with Crippen molar-refractivity contribution in [3.8, 4) is 5.75 Å². The summed E-state index contributed by atoms with van der Waals surface area (Å²) in [6, 6.07) is 2.49. The SMILES string of the molecule is CSc1nsc(NN=c2c(O)cc(=O)c(=NNc3ccnn3C)c2=O)n1. The molecule has 0 atom stereocenters. The van der Waals surface area contributed by atoms with Gasteiger partial charge in [0.25, 0.3) is 0 Å². The number of aromatic nitrogens is 4. The number of benzene rings is 1. The number of hydrogen-bond donors (Lipinski definition) is 3. The largest absolute Gasteiger partial charge is 0.505 e. The summed E-state index contributed by atoms with van der Waals surface area (Å²) in [4.78, 5) is 28.5. The van der Waals surface area contributed by atoms with Crippen LogP contribution in [0.2, 0.25) is 0 Å². The van der Waals surface area contributed by atoms with E-state index in [1.54, 1.807) is 13.1 Å². The van der Waals surface area contributed by atoms with E-state index in [4.69, 9.17) is 0 Å². The molecule has 3 N–H and O–H groups in total. The standard InChI is InChI=1S/C13H12N8O3S2/c1-21-8(3-4-14-21)16-17-9-6(22)5-7(23)10(11(9)24)18-19-12-15-13(25-2)20-26-12/h3-5,16,23H,1-2H3,(H,15,19,20). The van der Waals surface area contributed by atoms with E-state index in [1.807, 2.05) is 6.26 Å². The fourth-order valence-electron chi connectivity index (χ4n) is 1.85. The number of thioether (sulfide) groups is 1. The molecule has 3 aromatic rings. The zero-order valence-corrected chi connectivity index (χ0v) is 15.1. The van der Waals surface area contributed by atoms with Crippen LogP contribution in [0, 0.1) is 0 Å². The third-order valence-corrected chi connectivity index (χ3v) is 4.41. The van der Waals surface area contributed by atoms with Crippen LogP contribution in [-0.2, 0) is 7.05 Å². The molecular formula is C13H12N8O3S2. The van der Waals surface area contributed by atoms with Gasteiger partial charge >= 0.3 is 0 Å². The van der Waals surface area contributed by atoms with Crippen LogP contribution in [-0.4, -0.2) is 30.5 Å². The van der Waals surface area contributed by atoms with E-state index in [9.17, 15) is 14.7 Å². The lowest BCUT2D eigenvalue weighted by Gasteiger charge is -1.99. The maximum Gasteiger partial charge on any atom is 0.241 e. The number of phenols is 1. The summed E-state index contributed by atoms with van der Waals surface area (Å²) in [5.41, 5.74) is 3.56. The van der Waals surface area contributed by atoms with E-state index in [2.05, 4.69) is 35.5 Å². The van der Waals surface area contributed by atoms with Gasteiger partial charge in [0.15, 0.2) is 16.5 Å². The van der Waals surface area contributed by atoms with Crippen molar-refractivity contribution in [1.82, 2.24) is 19.1 Å². The van der Waals surface area contributed by atoms with Crippen molar-refractivity contribution in [3.05, 3.63) is 49.5 Å². The first kappa shape index (κ1) is 17.8. The smallest absolute Gasteiger partial charge is 0.241 e. The number of rotatable bonds is 5. The normalized spacial score (nSPS) is 12.5. The van der Waals surface area contributed by atoms with Gasteiger partial charge in [-0.15, -0.1) is 0 Å². The highest BCUT2D eigenvalue weighted by Gasteiger charge is 2.08. The molecule has 0 aliphatic carbocycles. The van der Waals surface area contributed by atoms with Crippen molar-refractivity contribution in [2.75, 3.05) is 17.1 Å². The van der Waals surface area contributed by atoms with Crippen molar-refractivity contribution in [2.24, 2.45) is 17.3 Å². The highest BCUT2D eigenvalue weighted by molar-refractivity contribution is 7.98. The molecule has 13 heteroatoms. The Morgan fingerprint density at radius 1 is 1.27 bits per heavy atom. The van der Waals surface area contributed by atoms with Crippen molar-refractivity contribution < 1.29 is 5.11 Å². The molecule has 0 spiro atoms. The quantitative estimate of drug-likeness (QED) is 0.373. The lowest BCUT2D eigenvalue weighted by molar-refractivity contribution is 0.466. The van der Waals surface area contributed by atoms with Crippen LogP contribution in [0.15, 0.2) is 43.3 Å². The van der Waals surface area contributed by atoms with Gasteiger partial charge in [-0.2, -0.15) is 24.7 Å². The molecule has 0 aliphatic heterocycles. The minimum Gasteiger partial charge on any atom is -0.505 e. The van der Waals surface area contributed by atoms with Crippen LogP contribution >= 0.6 is 23.3 Å². The summed E-state index contributed by atoms with van der Waals surface area (Å²) in [7, 11) is 1.67. The highest BCUT2D eigenvalue weighted by atomic mass is 32.2. The molecule has 0 amide bonds. The fraction of sp³-hybridized carbons (Fsp3) is 0.154. The van der Waals surface area contributed by atoms with Crippen LogP contribution in [0.3, 0.4) is 0 Å². The van der Waals surface area contributed by atoms with Crippen LogP contribution < -0.4 is 32.4 Å². The van der Waals surface area contributed by atoms with E-state index in [1.165, 1.54) is 22.6 Å². The Balaban J connectivity index is 2.01. The average Bonchev–Trinajstić information content (AvgIpc) is 3.23. The average molecular weight is 392 g/mol. The summed E-state index contributed by atoms with van der Waals surface area (Å²) >= 11 is 2.40. The van der Waals surface area contributed by atoms with E-state index >= 15 is 0 Å². The maximum absolute atomic E-state index is 12.5. The van der Waals surface area contributed by atoms with Gasteiger partial charge in [0, 0.05) is 30.7 Å². The van der Waals surface area contributed by atoms with E-state index in [0.29, 0.717) is 16.1 Å². The van der Waals surface area contributed by atoms with Gasteiger partial charge in [0.1, 0.15) is 5.82 Å². The van der Waals surface area contributed by atoms with Crippen LogP contribution in [0.4, 0.5) is 10.9 Å². The van der Waals surface area contributed by atoms with Crippen molar-refractivity contribution in [1.29, 1.82) is 0 Å². The van der Waals surface area contributed by atoms with Crippen molar-refractivity contribution >= 4 is 34.2 Å². The molecule has 2 aromatic heterocycles. The lowest BCUT2D eigenvalue weighted by Crippen LogP contribution is -2.48. The molecule has 0 fully saturated rings.